The standard InChI is InChI=1S/C25H25N3O3/c29-24(16-21-5-1-2-11-27-21)28-22-6-3-4-18(15-22)19-7-8-23-20(14-19)17-30-25(31-23)9-12-26-13-10-25/h1-8,11,14-15,26H,9-10,12-13,16-17H2,(H,28,29). The Morgan fingerprint density at radius 3 is 2.74 bits per heavy atom. The van der Waals surface area contributed by atoms with Crippen LogP contribution >= 0.6 is 0 Å². The molecule has 3 heterocycles. The largest absolute Gasteiger partial charge is 0.462 e. The highest BCUT2D eigenvalue weighted by Crippen LogP contribution is 2.38. The van der Waals surface area contributed by atoms with Crippen LogP contribution < -0.4 is 15.4 Å². The van der Waals surface area contributed by atoms with Gasteiger partial charge in [-0.05, 0) is 47.5 Å². The zero-order valence-electron chi connectivity index (χ0n) is 17.3. The average molecular weight is 415 g/mol. The minimum absolute atomic E-state index is 0.0876. The second-order valence-corrected chi connectivity index (χ2v) is 8.00. The first kappa shape index (κ1) is 19.7. The van der Waals surface area contributed by atoms with Crippen molar-refractivity contribution in [2.75, 3.05) is 18.4 Å². The van der Waals surface area contributed by atoms with Crippen molar-refractivity contribution in [3.05, 3.63) is 78.1 Å². The van der Waals surface area contributed by atoms with Crippen molar-refractivity contribution in [3.8, 4) is 16.9 Å². The monoisotopic (exact) mass is 415 g/mol. The predicted octanol–water partition coefficient (Wildman–Crippen LogP) is 3.92. The third kappa shape index (κ3) is 4.45. The molecule has 1 spiro atoms. The van der Waals surface area contributed by atoms with Crippen molar-refractivity contribution in [1.82, 2.24) is 10.3 Å². The number of nitrogens with zero attached hydrogens (tertiary/aromatic N) is 1. The lowest BCUT2D eigenvalue weighted by atomic mass is 9.99. The highest BCUT2D eigenvalue weighted by Gasteiger charge is 2.38. The van der Waals surface area contributed by atoms with Gasteiger partial charge in [0, 0.05) is 49.1 Å². The number of hydrogen-bond acceptors (Lipinski definition) is 5. The molecule has 1 amide bonds. The van der Waals surface area contributed by atoms with Gasteiger partial charge >= 0.3 is 0 Å². The third-order valence-electron chi connectivity index (χ3n) is 5.76. The van der Waals surface area contributed by atoms with E-state index in [4.69, 9.17) is 9.47 Å². The predicted molar refractivity (Wildman–Crippen MR) is 119 cm³/mol. The van der Waals surface area contributed by atoms with Gasteiger partial charge in [-0.25, -0.2) is 0 Å². The molecule has 0 aliphatic carbocycles. The number of carbonyl (C=O) groups excluding carboxylic acids is 1. The van der Waals surface area contributed by atoms with Crippen LogP contribution in [0, 0.1) is 0 Å². The second-order valence-electron chi connectivity index (χ2n) is 8.00. The normalized spacial score (nSPS) is 16.9. The van der Waals surface area contributed by atoms with Crippen LogP contribution in [0.25, 0.3) is 11.1 Å². The van der Waals surface area contributed by atoms with Crippen molar-refractivity contribution in [1.29, 1.82) is 0 Å². The molecular formula is C25H25N3O3. The van der Waals surface area contributed by atoms with E-state index in [0.29, 0.717) is 6.61 Å². The fourth-order valence-corrected chi connectivity index (χ4v) is 4.11. The third-order valence-corrected chi connectivity index (χ3v) is 5.76. The van der Waals surface area contributed by atoms with Crippen molar-refractivity contribution >= 4 is 11.6 Å². The molecule has 3 aromatic rings. The fourth-order valence-electron chi connectivity index (χ4n) is 4.11. The summed E-state index contributed by atoms with van der Waals surface area (Å²) in [7, 11) is 0. The van der Waals surface area contributed by atoms with Crippen LogP contribution in [-0.2, 0) is 22.6 Å². The van der Waals surface area contributed by atoms with Gasteiger partial charge in [0.15, 0.2) is 0 Å². The van der Waals surface area contributed by atoms with E-state index in [1.165, 1.54) is 0 Å². The van der Waals surface area contributed by atoms with Gasteiger partial charge < -0.3 is 20.1 Å². The second kappa shape index (κ2) is 8.49. The Morgan fingerprint density at radius 2 is 1.90 bits per heavy atom. The van der Waals surface area contributed by atoms with Crippen LogP contribution in [0.3, 0.4) is 0 Å². The van der Waals surface area contributed by atoms with E-state index in [9.17, 15) is 4.79 Å². The smallest absolute Gasteiger partial charge is 0.230 e. The molecule has 0 bridgehead atoms. The first-order chi connectivity index (χ1) is 15.2. The number of nitrogens with one attached hydrogen (secondary N) is 2. The molecule has 31 heavy (non-hydrogen) atoms. The zero-order chi connectivity index (χ0) is 21.1. The molecule has 2 aliphatic heterocycles. The lowest BCUT2D eigenvalue weighted by molar-refractivity contribution is -0.218. The molecule has 0 saturated carbocycles. The summed E-state index contributed by atoms with van der Waals surface area (Å²) in [6, 6.07) is 19.6. The van der Waals surface area contributed by atoms with Crippen molar-refractivity contribution in [3.63, 3.8) is 0 Å². The summed E-state index contributed by atoms with van der Waals surface area (Å²) in [5.41, 5.74) is 4.65. The number of carbonyl (C=O) groups is 1. The Labute approximate surface area is 181 Å². The summed E-state index contributed by atoms with van der Waals surface area (Å²) in [4.78, 5) is 16.6. The van der Waals surface area contributed by atoms with E-state index in [0.717, 1.165) is 59.8 Å². The molecular weight excluding hydrogens is 390 g/mol. The number of aromatic nitrogens is 1. The molecule has 1 fully saturated rings. The van der Waals surface area contributed by atoms with Gasteiger partial charge in [-0.15, -0.1) is 0 Å². The summed E-state index contributed by atoms with van der Waals surface area (Å²) in [5, 5.41) is 6.32. The summed E-state index contributed by atoms with van der Waals surface area (Å²) in [6.45, 7) is 2.36. The summed E-state index contributed by atoms with van der Waals surface area (Å²) in [5.74, 6) is 0.324. The molecule has 0 radical (unpaired) electrons. The maximum absolute atomic E-state index is 12.4. The number of piperidine rings is 1. The topological polar surface area (TPSA) is 72.5 Å². The van der Waals surface area contributed by atoms with Crippen LogP contribution in [0.15, 0.2) is 66.9 Å². The molecule has 2 N–H and O–H groups in total. The first-order valence-corrected chi connectivity index (χ1v) is 10.7. The van der Waals surface area contributed by atoms with Gasteiger partial charge in [0.1, 0.15) is 5.75 Å². The Hall–Kier alpha value is -3.22. The van der Waals surface area contributed by atoms with Crippen LogP contribution in [-0.4, -0.2) is 29.8 Å². The van der Waals surface area contributed by atoms with E-state index >= 15 is 0 Å². The molecule has 158 valence electrons. The maximum Gasteiger partial charge on any atom is 0.230 e. The molecule has 5 rings (SSSR count). The Bertz CT molecular complexity index is 1080. The number of hydrogen-bond donors (Lipinski definition) is 2. The van der Waals surface area contributed by atoms with E-state index < -0.39 is 5.79 Å². The summed E-state index contributed by atoms with van der Waals surface area (Å²) >= 11 is 0. The van der Waals surface area contributed by atoms with Crippen molar-refractivity contribution < 1.29 is 14.3 Å². The molecule has 1 saturated heterocycles. The van der Waals surface area contributed by atoms with Gasteiger partial charge in [-0.3, -0.25) is 9.78 Å². The number of rotatable bonds is 4. The quantitative estimate of drug-likeness (QED) is 0.676. The number of ether oxygens (including phenoxy) is 2. The number of anilines is 1. The minimum atomic E-state index is -0.489. The van der Waals surface area contributed by atoms with E-state index in [1.807, 2.05) is 48.5 Å². The minimum Gasteiger partial charge on any atom is -0.462 e. The van der Waals surface area contributed by atoms with Crippen LogP contribution in [0.1, 0.15) is 24.1 Å². The number of benzene rings is 2. The summed E-state index contributed by atoms with van der Waals surface area (Å²) in [6.07, 6.45) is 3.65. The molecule has 0 atom stereocenters. The Kier molecular flexibility index (Phi) is 5.40. The molecule has 2 aromatic carbocycles. The molecule has 1 aromatic heterocycles. The fraction of sp³-hybridized carbons (Fsp3) is 0.280. The average Bonchev–Trinajstić information content (AvgIpc) is 2.80. The lowest BCUT2D eigenvalue weighted by Gasteiger charge is -2.41. The van der Waals surface area contributed by atoms with Crippen LogP contribution in [0.2, 0.25) is 0 Å². The Morgan fingerprint density at radius 1 is 1.03 bits per heavy atom. The highest BCUT2D eigenvalue weighted by atomic mass is 16.7. The highest BCUT2D eigenvalue weighted by molar-refractivity contribution is 5.92. The summed E-state index contributed by atoms with van der Waals surface area (Å²) < 4.78 is 12.4. The van der Waals surface area contributed by atoms with Crippen LogP contribution in [0.4, 0.5) is 5.69 Å². The van der Waals surface area contributed by atoms with E-state index in [1.54, 1.807) is 6.20 Å². The zero-order valence-corrected chi connectivity index (χ0v) is 17.3. The Balaban J connectivity index is 1.30. The number of fused-ring (bicyclic) bond motifs is 1. The van der Waals surface area contributed by atoms with Gasteiger partial charge in [-0.2, -0.15) is 0 Å². The molecule has 6 nitrogen and oxygen atoms in total. The first-order valence-electron chi connectivity index (χ1n) is 10.7. The van der Waals surface area contributed by atoms with E-state index in [2.05, 4.69) is 27.8 Å². The number of amides is 1. The van der Waals surface area contributed by atoms with E-state index in [-0.39, 0.29) is 12.3 Å². The van der Waals surface area contributed by atoms with Crippen LogP contribution in [0.5, 0.6) is 5.75 Å². The number of pyridine rings is 1. The lowest BCUT2D eigenvalue weighted by Crippen LogP contribution is -2.49. The van der Waals surface area contributed by atoms with Gasteiger partial charge in [0.25, 0.3) is 0 Å². The van der Waals surface area contributed by atoms with Gasteiger partial charge in [0.05, 0.1) is 13.0 Å². The molecule has 0 unspecified atom stereocenters. The van der Waals surface area contributed by atoms with Gasteiger partial charge in [-0.1, -0.05) is 24.3 Å². The molecule has 6 heteroatoms. The van der Waals surface area contributed by atoms with Crippen molar-refractivity contribution in [2.45, 2.75) is 31.7 Å². The van der Waals surface area contributed by atoms with Gasteiger partial charge in [0.2, 0.25) is 11.7 Å². The SMILES string of the molecule is O=C(Cc1ccccn1)Nc1cccc(-c2ccc3c(c2)COC2(CCNCC2)O3)c1. The van der Waals surface area contributed by atoms with Crippen molar-refractivity contribution in [2.24, 2.45) is 0 Å². The molecule has 2 aliphatic rings. The maximum atomic E-state index is 12.4.